The predicted molar refractivity (Wildman–Crippen MR) is 95.4 cm³/mol. The summed E-state index contributed by atoms with van der Waals surface area (Å²) in [6.07, 6.45) is 3.37. The van der Waals surface area contributed by atoms with Gasteiger partial charge in [0.25, 0.3) is 5.91 Å². The van der Waals surface area contributed by atoms with E-state index in [4.69, 9.17) is 0 Å². The molecule has 0 aliphatic heterocycles. The molecular weight excluding hydrogens is 286 g/mol. The van der Waals surface area contributed by atoms with Crippen molar-refractivity contribution in [2.75, 3.05) is 18.4 Å². The van der Waals surface area contributed by atoms with Gasteiger partial charge in [-0.1, -0.05) is 17.7 Å². The molecule has 0 spiro atoms. The van der Waals surface area contributed by atoms with Gasteiger partial charge in [-0.3, -0.25) is 9.78 Å². The number of nitrogens with one attached hydrogen (secondary N) is 1. The van der Waals surface area contributed by atoms with Crippen molar-refractivity contribution in [3.05, 3.63) is 52.8 Å². The third-order valence-electron chi connectivity index (χ3n) is 3.98. The Labute approximate surface area is 138 Å². The van der Waals surface area contributed by atoms with E-state index in [9.17, 15) is 4.79 Å². The summed E-state index contributed by atoms with van der Waals surface area (Å²) in [7, 11) is 0. The minimum Gasteiger partial charge on any atom is -0.354 e. The van der Waals surface area contributed by atoms with Gasteiger partial charge in [-0.25, -0.2) is 0 Å². The van der Waals surface area contributed by atoms with Gasteiger partial charge in [0, 0.05) is 25.0 Å². The molecule has 1 amide bonds. The molecule has 0 saturated carbocycles. The first-order chi connectivity index (χ1) is 11.0. The Kier molecular flexibility index (Phi) is 5.37. The molecule has 0 unspecified atom stereocenters. The fourth-order valence-electron chi connectivity index (χ4n) is 2.84. The van der Waals surface area contributed by atoms with E-state index in [0.29, 0.717) is 18.7 Å². The highest BCUT2D eigenvalue weighted by Crippen LogP contribution is 2.26. The largest absolute Gasteiger partial charge is 0.354 e. The SMILES string of the molecule is CCN(CC)C(=O)c1cncc(Nc2c(C)cc(C)cc2C)c1. The van der Waals surface area contributed by atoms with Gasteiger partial charge in [0.2, 0.25) is 0 Å². The molecule has 1 aromatic carbocycles. The number of amides is 1. The highest BCUT2D eigenvalue weighted by molar-refractivity contribution is 5.95. The predicted octanol–water partition coefficient (Wildman–Crippen LogP) is 4.23. The van der Waals surface area contributed by atoms with Crippen molar-refractivity contribution >= 4 is 17.3 Å². The van der Waals surface area contributed by atoms with E-state index in [1.54, 1.807) is 17.3 Å². The molecule has 1 heterocycles. The minimum absolute atomic E-state index is 0.0171. The van der Waals surface area contributed by atoms with Crippen LogP contribution in [0.25, 0.3) is 0 Å². The molecular formula is C19H25N3O. The first-order valence-corrected chi connectivity index (χ1v) is 8.05. The van der Waals surface area contributed by atoms with Gasteiger partial charge in [-0.15, -0.1) is 0 Å². The normalized spacial score (nSPS) is 10.5. The second kappa shape index (κ2) is 7.27. The zero-order valence-electron chi connectivity index (χ0n) is 14.6. The molecule has 0 bridgehead atoms. The van der Waals surface area contributed by atoms with Crippen LogP contribution in [0.2, 0.25) is 0 Å². The zero-order chi connectivity index (χ0) is 17.0. The third kappa shape index (κ3) is 3.89. The van der Waals surface area contributed by atoms with Gasteiger partial charge in [0.05, 0.1) is 17.4 Å². The van der Waals surface area contributed by atoms with E-state index in [-0.39, 0.29) is 5.91 Å². The maximum atomic E-state index is 12.4. The van der Waals surface area contributed by atoms with E-state index in [0.717, 1.165) is 11.4 Å². The molecule has 2 rings (SSSR count). The van der Waals surface area contributed by atoms with E-state index < -0.39 is 0 Å². The number of pyridine rings is 1. The molecule has 2 aromatic rings. The Morgan fingerprint density at radius 3 is 2.22 bits per heavy atom. The number of carbonyl (C=O) groups is 1. The van der Waals surface area contributed by atoms with E-state index in [1.807, 2.05) is 19.9 Å². The van der Waals surface area contributed by atoms with Gasteiger partial charge in [0.15, 0.2) is 0 Å². The van der Waals surface area contributed by atoms with Gasteiger partial charge >= 0.3 is 0 Å². The monoisotopic (exact) mass is 311 g/mol. The minimum atomic E-state index is 0.0171. The molecule has 0 aliphatic rings. The molecule has 1 N–H and O–H groups in total. The van der Waals surface area contributed by atoms with Crippen molar-refractivity contribution in [1.29, 1.82) is 0 Å². The number of hydrogen-bond acceptors (Lipinski definition) is 3. The topological polar surface area (TPSA) is 45.2 Å². The van der Waals surface area contributed by atoms with Crippen LogP contribution < -0.4 is 5.32 Å². The Morgan fingerprint density at radius 2 is 1.65 bits per heavy atom. The number of nitrogens with zero attached hydrogens (tertiary/aromatic N) is 2. The van der Waals surface area contributed by atoms with Crippen LogP contribution in [0.15, 0.2) is 30.6 Å². The number of aromatic nitrogens is 1. The van der Waals surface area contributed by atoms with Crippen LogP contribution in [-0.2, 0) is 0 Å². The van der Waals surface area contributed by atoms with Crippen molar-refractivity contribution in [2.45, 2.75) is 34.6 Å². The van der Waals surface area contributed by atoms with Gasteiger partial charge in [-0.2, -0.15) is 0 Å². The lowest BCUT2D eigenvalue weighted by Crippen LogP contribution is -2.30. The molecule has 0 saturated heterocycles. The number of aryl methyl sites for hydroxylation is 3. The zero-order valence-corrected chi connectivity index (χ0v) is 14.6. The summed E-state index contributed by atoms with van der Waals surface area (Å²) in [5.41, 5.74) is 6.13. The number of hydrogen-bond donors (Lipinski definition) is 1. The molecule has 1 aromatic heterocycles. The van der Waals surface area contributed by atoms with Crippen LogP contribution in [0.5, 0.6) is 0 Å². The Morgan fingerprint density at radius 1 is 1.04 bits per heavy atom. The summed E-state index contributed by atoms with van der Waals surface area (Å²) in [5, 5.41) is 3.40. The van der Waals surface area contributed by atoms with Crippen LogP contribution in [-0.4, -0.2) is 28.9 Å². The molecule has 23 heavy (non-hydrogen) atoms. The lowest BCUT2D eigenvalue weighted by Gasteiger charge is -2.19. The van der Waals surface area contributed by atoms with Crippen LogP contribution in [0.4, 0.5) is 11.4 Å². The maximum Gasteiger partial charge on any atom is 0.255 e. The quantitative estimate of drug-likeness (QED) is 0.898. The summed E-state index contributed by atoms with van der Waals surface area (Å²) < 4.78 is 0. The molecule has 4 heteroatoms. The van der Waals surface area contributed by atoms with Crippen LogP contribution in [0.3, 0.4) is 0 Å². The van der Waals surface area contributed by atoms with Crippen molar-refractivity contribution < 1.29 is 4.79 Å². The molecule has 4 nitrogen and oxygen atoms in total. The number of carbonyl (C=O) groups excluding carboxylic acids is 1. The smallest absolute Gasteiger partial charge is 0.255 e. The molecule has 0 atom stereocenters. The lowest BCUT2D eigenvalue weighted by molar-refractivity contribution is 0.0772. The van der Waals surface area contributed by atoms with Gasteiger partial charge in [-0.05, 0) is 51.8 Å². The number of rotatable bonds is 5. The highest BCUT2D eigenvalue weighted by Gasteiger charge is 2.13. The van der Waals surface area contributed by atoms with Crippen LogP contribution in [0.1, 0.15) is 40.9 Å². The maximum absolute atomic E-state index is 12.4. The summed E-state index contributed by atoms with van der Waals surface area (Å²) >= 11 is 0. The van der Waals surface area contributed by atoms with Crippen molar-refractivity contribution in [3.8, 4) is 0 Å². The Hall–Kier alpha value is -2.36. The van der Waals surface area contributed by atoms with Crippen LogP contribution >= 0.6 is 0 Å². The van der Waals surface area contributed by atoms with Gasteiger partial charge in [0.1, 0.15) is 0 Å². The Balaban J connectivity index is 2.29. The standard InChI is InChI=1S/C19H25N3O/c1-6-22(7-2)19(23)16-10-17(12-20-11-16)21-18-14(4)8-13(3)9-15(18)5/h8-12,21H,6-7H2,1-5H3. The summed E-state index contributed by atoms with van der Waals surface area (Å²) in [6, 6.07) is 6.16. The number of benzene rings is 1. The second-order valence-corrected chi connectivity index (χ2v) is 5.84. The Bertz CT molecular complexity index is 683. The lowest BCUT2D eigenvalue weighted by atomic mass is 10.0. The van der Waals surface area contributed by atoms with E-state index in [1.165, 1.54) is 16.7 Å². The first-order valence-electron chi connectivity index (χ1n) is 8.05. The first kappa shape index (κ1) is 17.0. The fraction of sp³-hybridized carbons (Fsp3) is 0.368. The van der Waals surface area contributed by atoms with Crippen molar-refractivity contribution in [2.24, 2.45) is 0 Å². The third-order valence-corrected chi connectivity index (χ3v) is 3.98. The number of anilines is 2. The van der Waals surface area contributed by atoms with Crippen molar-refractivity contribution in [1.82, 2.24) is 9.88 Å². The average molecular weight is 311 g/mol. The van der Waals surface area contributed by atoms with Crippen LogP contribution in [0, 0.1) is 20.8 Å². The summed E-state index contributed by atoms with van der Waals surface area (Å²) in [6.45, 7) is 11.6. The summed E-state index contributed by atoms with van der Waals surface area (Å²) in [4.78, 5) is 18.5. The van der Waals surface area contributed by atoms with Gasteiger partial charge < -0.3 is 10.2 Å². The summed E-state index contributed by atoms with van der Waals surface area (Å²) in [5.74, 6) is 0.0171. The average Bonchev–Trinajstić information content (AvgIpc) is 2.52. The molecule has 0 aliphatic carbocycles. The molecule has 0 fully saturated rings. The second-order valence-electron chi connectivity index (χ2n) is 5.84. The van der Waals surface area contributed by atoms with E-state index in [2.05, 4.69) is 43.2 Å². The van der Waals surface area contributed by atoms with Crippen molar-refractivity contribution in [3.63, 3.8) is 0 Å². The molecule has 0 radical (unpaired) electrons. The molecule has 122 valence electrons. The fourth-order valence-corrected chi connectivity index (χ4v) is 2.84. The van der Waals surface area contributed by atoms with E-state index >= 15 is 0 Å². The highest BCUT2D eigenvalue weighted by atomic mass is 16.2.